The number of unbranched alkanes of at least 4 members (excludes halogenated alkanes) is 2. The van der Waals surface area contributed by atoms with E-state index in [0.29, 0.717) is 0 Å². The molecule has 0 aromatic heterocycles. The fourth-order valence-corrected chi connectivity index (χ4v) is 1.36. The zero-order valence-electron chi connectivity index (χ0n) is 10.4. The second-order valence-electron chi connectivity index (χ2n) is 4.23. The third-order valence-corrected chi connectivity index (χ3v) is 2.50. The van der Waals surface area contributed by atoms with Crippen molar-refractivity contribution >= 4 is 0 Å². The maximum absolute atomic E-state index is 2.29. The van der Waals surface area contributed by atoms with Crippen molar-refractivity contribution in [1.82, 2.24) is 0 Å². The highest BCUT2D eigenvalue weighted by atomic mass is 14.0. The summed E-state index contributed by atoms with van der Waals surface area (Å²) < 4.78 is 0. The molecule has 0 rings (SSSR count). The van der Waals surface area contributed by atoms with Crippen LogP contribution in [0.1, 0.15) is 66.2 Å². The van der Waals surface area contributed by atoms with Crippen molar-refractivity contribution in [3.8, 4) is 0 Å². The van der Waals surface area contributed by atoms with Crippen LogP contribution in [0.15, 0.2) is 23.3 Å². The molecular formula is C14H26. The van der Waals surface area contributed by atoms with E-state index < -0.39 is 0 Å². The molecule has 0 aliphatic carbocycles. The predicted octanol–water partition coefficient (Wildman–Crippen LogP) is 5.26. The fraction of sp³-hybridized carbons (Fsp3) is 0.714. The lowest BCUT2D eigenvalue weighted by atomic mass is 10.1. The molecule has 0 saturated heterocycles. The summed E-state index contributed by atoms with van der Waals surface area (Å²) in [6.07, 6.45) is 12.3. The van der Waals surface area contributed by atoms with Crippen LogP contribution >= 0.6 is 0 Å². The Hall–Kier alpha value is -0.520. The van der Waals surface area contributed by atoms with E-state index in [4.69, 9.17) is 0 Å². The van der Waals surface area contributed by atoms with Crippen molar-refractivity contribution in [2.24, 2.45) is 0 Å². The van der Waals surface area contributed by atoms with Gasteiger partial charge in [-0.2, -0.15) is 0 Å². The number of hydrogen-bond donors (Lipinski definition) is 0. The molecule has 0 aromatic rings. The summed E-state index contributed by atoms with van der Waals surface area (Å²) in [6, 6.07) is 0. The zero-order chi connectivity index (χ0) is 10.8. The molecule has 0 heterocycles. The maximum atomic E-state index is 2.29. The standard InChI is InChI=1S/C14H26/c1-5-7-9-13(3)11-12-14(4)10-8-6-2/h11-12H,5-10H2,1-4H3. The minimum Gasteiger partial charge on any atom is -0.0733 e. The molecule has 0 nitrogen and oxygen atoms in total. The van der Waals surface area contributed by atoms with Gasteiger partial charge < -0.3 is 0 Å². The normalized spacial score (nSPS) is 13.4. The number of rotatable bonds is 7. The van der Waals surface area contributed by atoms with E-state index in [9.17, 15) is 0 Å². The summed E-state index contributed by atoms with van der Waals surface area (Å²) >= 11 is 0. The van der Waals surface area contributed by atoms with Gasteiger partial charge in [0.25, 0.3) is 0 Å². The molecule has 0 radical (unpaired) electrons. The topological polar surface area (TPSA) is 0 Å². The van der Waals surface area contributed by atoms with Gasteiger partial charge in [-0.15, -0.1) is 0 Å². The highest BCUT2D eigenvalue weighted by molar-refractivity contribution is 5.15. The predicted molar refractivity (Wildman–Crippen MR) is 66.6 cm³/mol. The molecular weight excluding hydrogens is 168 g/mol. The average Bonchev–Trinajstić information content (AvgIpc) is 2.20. The molecule has 0 aliphatic heterocycles. The Bertz CT molecular complexity index is 162. The largest absolute Gasteiger partial charge is 0.0733 e. The highest BCUT2D eigenvalue weighted by Gasteiger charge is 1.89. The molecule has 0 bridgehead atoms. The first-order chi connectivity index (χ1) is 6.70. The minimum absolute atomic E-state index is 1.26. The summed E-state index contributed by atoms with van der Waals surface area (Å²) in [6.45, 7) is 8.96. The van der Waals surface area contributed by atoms with Gasteiger partial charge in [0.1, 0.15) is 0 Å². The second-order valence-corrected chi connectivity index (χ2v) is 4.23. The first-order valence-electron chi connectivity index (χ1n) is 6.03. The van der Waals surface area contributed by atoms with Crippen LogP contribution in [0.3, 0.4) is 0 Å². The second kappa shape index (κ2) is 9.05. The highest BCUT2D eigenvalue weighted by Crippen LogP contribution is 2.10. The Morgan fingerprint density at radius 2 is 1.14 bits per heavy atom. The van der Waals surface area contributed by atoms with Gasteiger partial charge in [0, 0.05) is 0 Å². The Balaban J connectivity index is 3.84. The van der Waals surface area contributed by atoms with Gasteiger partial charge in [-0.25, -0.2) is 0 Å². The van der Waals surface area contributed by atoms with Crippen LogP contribution in [0.25, 0.3) is 0 Å². The Morgan fingerprint density at radius 1 is 0.786 bits per heavy atom. The number of allylic oxidation sites excluding steroid dienone is 4. The molecule has 0 heteroatoms. The molecule has 0 fully saturated rings. The third kappa shape index (κ3) is 8.10. The Morgan fingerprint density at radius 3 is 1.43 bits per heavy atom. The smallest absolute Gasteiger partial charge is 0.0320 e. The van der Waals surface area contributed by atoms with E-state index in [-0.39, 0.29) is 0 Å². The van der Waals surface area contributed by atoms with Gasteiger partial charge in [-0.05, 0) is 39.5 Å². The lowest BCUT2D eigenvalue weighted by Gasteiger charge is -1.99. The molecule has 82 valence electrons. The van der Waals surface area contributed by atoms with Crippen LogP contribution in [0, 0.1) is 0 Å². The van der Waals surface area contributed by atoms with Crippen molar-refractivity contribution in [2.75, 3.05) is 0 Å². The van der Waals surface area contributed by atoms with Crippen molar-refractivity contribution in [3.63, 3.8) is 0 Å². The zero-order valence-corrected chi connectivity index (χ0v) is 10.4. The van der Waals surface area contributed by atoms with Gasteiger partial charge >= 0.3 is 0 Å². The SMILES string of the molecule is CCCCC(C)=CC=C(C)CCCC. The van der Waals surface area contributed by atoms with Gasteiger partial charge in [0.05, 0.1) is 0 Å². The monoisotopic (exact) mass is 194 g/mol. The summed E-state index contributed by atoms with van der Waals surface area (Å²) in [5.74, 6) is 0. The van der Waals surface area contributed by atoms with E-state index in [1.54, 1.807) is 0 Å². The summed E-state index contributed by atoms with van der Waals surface area (Å²) in [5, 5.41) is 0. The molecule has 0 saturated carbocycles. The lowest BCUT2D eigenvalue weighted by Crippen LogP contribution is -1.79. The molecule has 0 spiro atoms. The molecule has 14 heavy (non-hydrogen) atoms. The van der Waals surface area contributed by atoms with E-state index in [1.165, 1.54) is 49.7 Å². The number of hydrogen-bond acceptors (Lipinski definition) is 0. The average molecular weight is 194 g/mol. The summed E-state index contributed by atoms with van der Waals surface area (Å²) in [5.41, 5.74) is 3.03. The van der Waals surface area contributed by atoms with E-state index in [2.05, 4.69) is 39.8 Å². The van der Waals surface area contributed by atoms with Crippen LogP contribution in [0.2, 0.25) is 0 Å². The van der Waals surface area contributed by atoms with Crippen LogP contribution < -0.4 is 0 Å². The van der Waals surface area contributed by atoms with Crippen molar-refractivity contribution in [3.05, 3.63) is 23.3 Å². The summed E-state index contributed by atoms with van der Waals surface area (Å²) in [4.78, 5) is 0. The van der Waals surface area contributed by atoms with Crippen molar-refractivity contribution in [2.45, 2.75) is 66.2 Å². The van der Waals surface area contributed by atoms with Crippen molar-refractivity contribution < 1.29 is 0 Å². The molecule has 0 N–H and O–H groups in total. The molecule has 0 aliphatic rings. The van der Waals surface area contributed by atoms with Crippen LogP contribution in [-0.2, 0) is 0 Å². The fourth-order valence-electron chi connectivity index (χ4n) is 1.36. The van der Waals surface area contributed by atoms with Gasteiger partial charge in [0.15, 0.2) is 0 Å². The first-order valence-corrected chi connectivity index (χ1v) is 6.03. The van der Waals surface area contributed by atoms with E-state index in [0.717, 1.165) is 0 Å². The maximum Gasteiger partial charge on any atom is -0.0320 e. The van der Waals surface area contributed by atoms with E-state index >= 15 is 0 Å². The molecule has 0 atom stereocenters. The lowest BCUT2D eigenvalue weighted by molar-refractivity contribution is 0.782. The molecule has 0 aromatic carbocycles. The third-order valence-electron chi connectivity index (χ3n) is 2.50. The quantitative estimate of drug-likeness (QED) is 0.485. The molecule has 0 unspecified atom stereocenters. The van der Waals surface area contributed by atoms with Crippen LogP contribution in [-0.4, -0.2) is 0 Å². The van der Waals surface area contributed by atoms with Gasteiger partial charge in [-0.1, -0.05) is 50.0 Å². The van der Waals surface area contributed by atoms with Gasteiger partial charge in [-0.3, -0.25) is 0 Å². The van der Waals surface area contributed by atoms with E-state index in [1.807, 2.05) is 0 Å². The molecule has 0 amide bonds. The minimum atomic E-state index is 1.26. The Labute approximate surface area is 90.1 Å². The van der Waals surface area contributed by atoms with Crippen molar-refractivity contribution in [1.29, 1.82) is 0 Å². The van der Waals surface area contributed by atoms with Crippen LogP contribution in [0.4, 0.5) is 0 Å². The van der Waals surface area contributed by atoms with Crippen LogP contribution in [0.5, 0.6) is 0 Å². The summed E-state index contributed by atoms with van der Waals surface area (Å²) in [7, 11) is 0. The van der Waals surface area contributed by atoms with Gasteiger partial charge in [0.2, 0.25) is 0 Å². The Kier molecular flexibility index (Phi) is 8.72. The first kappa shape index (κ1) is 13.5.